The molecule has 0 aliphatic carbocycles. The molecule has 0 saturated heterocycles. The van der Waals surface area contributed by atoms with Crippen LogP contribution in [-0.4, -0.2) is 7.11 Å². The third-order valence-corrected chi connectivity index (χ3v) is 2.75. The van der Waals surface area contributed by atoms with Gasteiger partial charge in [0.15, 0.2) is 0 Å². The maximum atomic E-state index is 5.20. The van der Waals surface area contributed by atoms with Gasteiger partial charge < -0.3 is 10.1 Å². The van der Waals surface area contributed by atoms with E-state index in [1.54, 1.807) is 7.11 Å². The van der Waals surface area contributed by atoms with E-state index < -0.39 is 0 Å². The Bertz CT molecular complexity index is 467. The molecule has 0 spiro atoms. The van der Waals surface area contributed by atoms with E-state index in [1.807, 2.05) is 30.3 Å². The number of ether oxygens (including phenoxy) is 1. The average molecular weight is 227 g/mol. The highest BCUT2D eigenvalue weighted by atomic mass is 16.5. The molecule has 0 bridgehead atoms. The Morgan fingerprint density at radius 3 is 2.47 bits per heavy atom. The number of methoxy groups -OCH3 is 1. The molecule has 2 rings (SSSR count). The van der Waals surface area contributed by atoms with E-state index in [1.165, 1.54) is 5.56 Å². The van der Waals surface area contributed by atoms with Crippen molar-refractivity contribution in [2.24, 2.45) is 0 Å². The van der Waals surface area contributed by atoms with Crippen molar-refractivity contribution in [1.82, 2.24) is 0 Å². The van der Waals surface area contributed by atoms with Crippen LogP contribution in [0.15, 0.2) is 54.6 Å². The van der Waals surface area contributed by atoms with Crippen LogP contribution < -0.4 is 10.1 Å². The molecule has 0 aliphatic rings. The first-order valence-corrected chi connectivity index (χ1v) is 5.75. The molecule has 1 N–H and O–H groups in total. The van der Waals surface area contributed by atoms with Crippen molar-refractivity contribution in [1.29, 1.82) is 0 Å². The van der Waals surface area contributed by atoms with Crippen molar-refractivity contribution in [2.45, 2.75) is 13.0 Å². The van der Waals surface area contributed by atoms with Crippen molar-refractivity contribution in [3.05, 3.63) is 60.2 Å². The summed E-state index contributed by atoms with van der Waals surface area (Å²) in [6.45, 7) is 2.15. The molecule has 0 amide bonds. The molecular weight excluding hydrogens is 210 g/mol. The molecule has 0 fully saturated rings. The number of hydrogen-bond donors (Lipinski definition) is 1. The van der Waals surface area contributed by atoms with Crippen molar-refractivity contribution < 1.29 is 4.74 Å². The predicted molar refractivity (Wildman–Crippen MR) is 71.5 cm³/mol. The Balaban J connectivity index is 2.10. The summed E-state index contributed by atoms with van der Waals surface area (Å²) < 4.78 is 5.20. The summed E-state index contributed by atoms with van der Waals surface area (Å²) in [5.41, 5.74) is 2.34. The molecular formula is C15H17NO. The lowest BCUT2D eigenvalue weighted by Crippen LogP contribution is -2.06. The van der Waals surface area contributed by atoms with E-state index in [4.69, 9.17) is 4.74 Å². The lowest BCUT2D eigenvalue weighted by molar-refractivity contribution is 0.415. The summed E-state index contributed by atoms with van der Waals surface area (Å²) in [5.74, 6) is 0.871. The van der Waals surface area contributed by atoms with Gasteiger partial charge in [-0.25, -0.2) is 0 Å². The highest BCUT2D eigenvalue weighted by Crippen LogP contribution is 2.22. The Kier molecular flexibility index (Phi) is 3.66. The molecule has 0 saturated carbocycles. The van der Waals surface area contributed by atoms with E-state index in [0.29, 0.717) is 0 Å². The van der Waals surface area contributed by atoms with Crippen LogP contribution in [0.1, 0.15) is 18.5 Å². The Morgan fingerprint density at radius 1 is 1.00 bits per heavy atom. The van der Waals surface area contributed by atoms with Crippen LogP contribution in [0.3, 0.4) is 0 Å². The lowest BCUT2D eigenvalue weighted by Gasteiger charge is -2.16. The fraction of sp³-hybridized carbons (Fsp3) is 0.200. The molecule has 2 heteroatoms. The largest absolute Gasteiger partial charge is 0.497 e. The van der Waals surface area contributed by atoms with Crippen LogP contribution in [-0.2, 0) is 0 Å². The first-order valence-electron chi connectivity index (χ1n) is 5.75. The van der Waals surface area contributed by atoms with Crippen LogP contribution in [0.5, 0.6) is 5.75 Å². The summed E-state index contributed by atoms with van der Waals surface area (Å²) in [5, 5.41) is 3.45. The zero-order chi connectivity index (χ0) is 12.1. The fourth-order valence-electron chi connectivity index (χ4n) is 1.79. The molecule has 17 heavy (non-hydrogen) atoms. The number of benzene rings is 2. The standard InChI is InChI=1S/C15H17NO/c1-12(13-7-4-3-5-8-13)16-14-9-6-10-15(11-14)17-2/h3-12,16H,1-2H3. The first-order chi connectivity index (χ1) is 8.29. The van der Waals surface area contributed by atoms with Crippen LogP contribution in [0.4, 0.5) is 5.69 Å². The number of nitrogens with one attached hydrogen (secondary N) is 1. The van der Waals surface area contributed by atoms with Gasteiger partial charge in [-0.15, -0.1) is 0 Å². The summed E-state index contributed by atoms with van der Waals surface area (Å²) in [4.78, 5) is 0. The highest BCUT2D eigenvalue weighted by molar-refractivity contribution is 5.49. The molecule has 0 aliphatic heterocycles. The second-order valence-corrected chi connectivity index (χ2v) is 4.01. The number of hydrogen-bond acceptors (Lipinski definition) is 2. The molecule has 0 radical (unpaired) electrons. The number of anilines is 1. The van der Waals surface area contributed by atoms with Gasteiger partial charge in [-0.2, -0.15) is 0 Å². The molecule has 1 unspecified atom stereocenters. The Labute approximate surface area is 102 Å². The smallest absolute Gasteiger partial charge is 0.120 e. The van der Waals surface area contributed by atoms with Gasteiger partial charge in [-0.1, -0.05) is 36.4 Å². The van der Waals surface area contributed by atoms with Gasteiger partial charge in [0.25, 0.3) is 0 Å². The zero-order valence-electron chi connectivity index (χ0n) is 10.2. The third-order valence-electron chi connectivity index (χ3n) is 2.75. The summed E-state index contributed by atoms with van der Waals surface area (Å²) in [7, 11) is 1.68. The van der Waals surface area contributed by atoms with Crippen LogP contribution in [0, 0.1) is 0 Å². The lowest BCUT2D eigenvalue weighted by atomic mass is 10.1. The molecule has 2 aromatic rings. The minimum Gasteiger partial charge on any atom is -0.497 e. The van der Waals surface area contributed by atoms with Crippen LogP contribution in [0.25, 0.3) is 0 Å². The summed E-state index contributed by atoms with van der Waals surface area (Å²) in [6.07, 6.45) is 0. The minimum atomic E-state index is 0.281. The fourth-order valence-corrected chi connectivity index (χ4v) is 1.79. The zero-order valence-corrected chi connectivity index (χ0v) is 10.2. The predicted octanol–water partition coefficient (Wildman–Crippen LogP) is 3.87. The Morgan fingerprint density at radius 2 is 1.76 bits per heavy atom. The van der Waals surface area contributed by atoms with Gasteiger partial charge in [0.05, 0.1) is 7.11 Å². The maximum Gasteiger partial charge on any atom is 0.120 e. The Hall–Kier alpha value is -1.96. The summed E-state index contributed by atoms with van der Waals surface area (Å²) in [6, 6.07) is 18.6. The monoisotopic (exact) mass is 227 g/mol. The van der Waals surface area contributed by atoms with Gasteiger partial charge in [0.2, 0.25) is 0 Å². The van der Waals surface area contributed by atoms with E-state index in [2.05, 4.69) is 36.5 Å². The second-order valence-electron chi connectivity index (χ2n) is 4.01. The molecule has 1 atom stereocenters. The molecule has 88 valence electrons. The van der Waals surface area contributed by atoms with E-state index in [9.17, 15) is 0 Å². The van der Waals surface area contributed by atoms with Crippen molar-refractivity contribution in [3.63, 3.8) is 0 Å². The molecule has 0 aromatic heterocycles. The highest BCUT2D eigenvalue weighted by Gasteiger charge is 2.04. The van der Waals surface area contributed by atoms with Crippen molar-refractivity contribution in [3.8, 4) is 5.75 Å². The minimum absolute atomic E-state index is 0.281. The van der Waals surface area contributed by atoms with E-state index in [-0.39, 0.29) is 6.04 Å². The normalized spacial score (nSPS) is 11.9. The number of rotatable bonds is 4. The van der Waals surface area contributed by atoms with Crippen LogP contribution in [0.2, 0.25) is 0 Å². The van der Waals surface area contributed by atoms with E-state index >= 15 is 0 Å². The molecule has 0 heterocycles. The second kappa shape index (κ2) is 5.39. The van der Waals surface area contributed by atoms with Gasteiger partial charge in [-0.3, -0.25) is 0 Å². The van der Waals surface area contributed by atoms with Gasteiger partial charge >= 0.3 is 0 Å². The van der Waals surface area contributed by atoms with Gasteiger partial charge in [0.1, 0.15) is 5.75 Å². The quantitative estimate of drug-likeness (QED) is 0.856. The van der Waals surface area contributed by atoms with Crippen LogP contribution >= 0.6 is 0 Å². The maximum absolute atomic E-state index is 5.20. The molecule has 2 aromatic carbocycles. The van der Waals surface area contributed by atoms with Crippen molar-refractivity contribution >= 4 is 5.69 Å². The first kappa shape index (κ1) is 11.5. The van der Waals surface area contributed by atoms with Gasteiger partial charge in [-0.05, 0) is 24.6 Å². The van der Waals surface area contributed by atoms with Crippen molar-refractivity contribution in [2.75, 3.05) is 12.4 Å². The SMILES string of the molecule is COc1cccc(NC(C)c2ccccc2)c1. The molecule has 2 nitrogen and oxygen atoms in total. The summed E-state index contributed by atoms with van der Waals surface area (Å²) >= 11 is 0. The van der Waals surface area contributed by atoms with Gasteiger partial charge in [0, 0.05) is 17.8 Å². The third kappa shape index (κ3) is 3.00. The topological polar surface area (TPSA) is 21.3 Å². The average Bonchev–Trinajstić information content (AvgIpc) is 2.40. The van der Waals surface area contributed by atoms with E-state index in [0.717, 1.165) is 11.4 Å².